The molecule has 7 heteroatoms. The quantitative estimate of drug-likeness (QED) is 0.470. The monoisotopic (exact) mass is 449 g/mol. The minimum absolute atomic E-state index is 0.0722. The molecule has 0 unspecified atom stereocenters. The summed E-state index contributed by atoms with van der Waals surface area (Å²) in [5.74, 6) is -0.428. The highest BCUT2D eigenvalue weighted by atomic mass is 32.2. The van der Waals surface area contributed by atoms with E-state index in [4.69, 9.17) is 4.74 Å². The second kappa shape index (κ2) is 10.0. The van der Waals surface area contributed by atoms with Gasteiger partial charge in [-0.05, 0) is 86.0 Å². The van der Waals surface area contributed by atoms with Crippen LogP contribution in [-0.4, -0.2) is 48.7 Å². The molecule has 0 spiro atoms. The number of rotatable bonds is 5. The van der Waals surface area contributed by atoms with Crippen molar-refractivity contribution in [2.24, 2.45) is 4.99 Å². The van der Waals surface area contributed by atoms with Crippen molar-refractivity contribution in [1.82, 2.24) is 4.90 Å². The lowest BCUT2D eigenvalue weighted by atomic mass is 10.1. The van der Waals surface area contributed by atoms with Gasteiger partial charge in [-0.2, -0.15) is 0 Å². The van der Waals surface area contributed by atoms with Gasteiger partial charge >= 0.3 is 5.97 Å². The number of ether oxygens (including phenoxy) is 1. The molecular formula is C25H27N3O3S. The number of anilines is 1. The average molecular weight is 450 g/mol. The lowest BCUT2D eigenvalue weighted by molar-refractivity contribution is -0.121. The van der Waals surface area contributed by atoms with Crippen LogP contribution in [0, 0.1) is 0 Å². The Morgan fingerprint density at radius 1 is 1.06 bits per heavy atom. The standard InChI is InChI=1S/C25H27N3O3S/c1-3-31-24(30)19-9-11-20(12-10-19)26-25-27(2)23(29)22(32-25)17-18-7-13-21(14-8-18)28-15-5-4-6-16-28/h7-14,17H,3-6,15-16H2,1-2H3/b22-17-,26-25?. The van der Waals surface area contributed by atoms with Crippen LogP contribution in [0.25, 0.3) is 6.08 Å². The SMILES string of the molecule is CCOC(=O)c1ccc(N=C2S/C(=C\c3ccc(N4CCCCC4)cc3)C(=O)N2C)cc1. The zero-order chi connectivity index (χ0) is 22.5. The predicted molar refractivity (Wildman–Crippen MR) is 130 cm³/mol. The summed E-state index contributed by atoms with van der Waals surface area (Å²) in [5.41, 5.74) is 3.39. The van der Waals surface area contributed by atoms with Crippen molar-refractivity contribution in [1.29, 1.82) is 0 Å². The van der Waals surface area contributed by atoms with Crippen molar-refractivity contribution in [3.05, 3.63) is 64.6 Å². The van der Waals surface area contributed by atoms with E-state index in [-0.39, 0.29) is 11.9 Å². The molecule has 2 heterocycles. The molecule has 0 aromatic heterocycles. The normalized spacial score (nSPS) is 19.1. The summed E-state index contributed by atoms with van der Waals surface area (Å²) in [6.45, 7) is 4.33. The molecule has 0 aliphatic carbocycles. The van der Waals surface area contributed by atoms with Gasteiger partial charge in [-0.25, -0.2) is 9.79 Å². The van der Waals surface area contributed by atoms with Gasteiger partial charge in [0.05, 0.1) is 22.8 Å². The van der Waals surface area contributed by atoms with Crippen molar-refractivity contribution < 1.29 is 14.3 Å². The van der Waals surface area contributed by atoms with Crippen molar-refractivity contribution in [2.75, 3.05) is 31.6 Å². The Morgan fingerprint density at radius 2 is 1.75 bits per heavy atom. The maximum Gasteiger partial charge on any atom is 0.338 e. The highest BCUT2D eigenvalue weighted by molar-refractivity contribution is 8.18. The molecule has 0 saturated carbocycles. The highest BCUT2D eigenvalue weighted by Crippen LogP contribution is 2.33. The van der Waals surface area contributed by atoms with Crippen LogP contribution in [0.2, 0.25) is 0 Å². The Hall–Kier alpha value is -3.06. The number of likely N-dealkylation sites (N-methyl/N-ethyl adjacent to an activating group) is 1. The lowest BCUT2D eigenvalue weighted by Gasteiger charge is -2.28. The van der Waals surface area contributed by atoms with Crippen LogP contribution in [0.1, 0.15) is 42.1 Å². The predicted octanol–water partition coefficient (Wildman–Crippen LogP) is 5.09. The Balaban J connectivity index is 1.47. The third kappa shape index (κ3) is 5.05. The number of amides is 1. The van der Waals surface area contributed by atoms with Gasteiger partial charge in [0.1, 0.15) is 0 Å². The van der Waals surface area contributed by atoms with Crippen LogP contribution in [0.3, 0.4) is 0 Å². The molecule has 0 radical (unpaired) electrons. The van der Waals surface area contributed by atoms with Crippen molar-refractivity contribution in [3.8, 4) is 0 Å². The van der Waals surface area contributed by atoms with E-state index in [1.54, 1.807) is 43.1 Å². The second-order valence-electron chi connectivity index (χ2n) is 7.78. The number of esters is 1. The number of thioether (sulfide) groups is 1. The van der Waals surface area contributed by atoms with Gasteiger partial charge in [0.25, 0.3) is 5.91 Å². The van der Waals surface area contributed by atoms with Crippen molar-refractivity contribution >= 4 is 46.3 Å². The summed E-state index contributed by atoms with van der Waals surface area (Å²) in [6.07, 6.45) is 5.72. The number of aliphatic imine (C=N–C) groups is 1. The first-order valence-corrected chi connectivity index (χ1v) is 11.8. The Labute approximate surface area is 193 Å². The van der Waals surface area contributed by atoms with E-state index in [1.807, 2.05) is 6.08 Å². The molecule has 2 aromatic carbocycles. The molecule has 6 nitrogen and oxygen atoms in total. The molecule has 0 bridgehead atoms. The fourth-order valence-corrected chi connectivity index (χ4v) is 4.72. The summed E-state index contributed by atoms with van der Waals surface area (Å²) < 4.78 is 5.00. The topological polar surface area (TPSA) is 62.2 Å². The van der Waals surface area contributed by atoms with E-state index in [1.165, 1.54) is 36.7 Å². The molecule has 32 heavy (non-hydrogen) atoms. The number of hydrogen-bond acceptors (Lipinski definition) is 6. The fourth-order valence-electron chi connectivity index (χ4n) is 3.73. The summed E-state index contributed by atoms with van der Waals surface area (Å²) >= 11 is 1.35. The van der Waals surface area contributed by atoms with E-state index in [9.17, 15) is 9.59 Å². The summed E-state index contributed by atoms with van der Waals surface area (Å²) in [7, 11) is 1.72. The van der Waals surface area contributed by atoms with Crippen LogP contribution in [-0.2, 0) is 9.53 Å². The fraction of sp³-hybridized carbons (Fsp3) is 0.320. The number of nitrogens with zero attached hydrogens (tertiary/aromatic N) is 3. The first kappa shape index (κ1) is 22.1. The maximum atomic E-state index is 12.7. The number of amidine groups is 1. The highest BCUT2D eigenvalue weighted by Gasteiger charge is 2.30. The van der Waals surface area contributed by atoms with Crippen molar-refractivity contribution in [2.45, 2.75) is 26.2 Å². The number of piperidine rings is 1. The third-order valence-electron chi connectivity index (χ3n) is 5.52. The molecule has 4 rings (SSSR count). The molecule has 2 fully saturated rings. The van der Waals surface area contributed by atoms with E-state index in [2.05, 4.69) is 34.2 Å². The van der Waals surface area contributed by atoms with Gasteiger partial charge < -0.3 is 9.64 Å². The molecular weight excluding hydrogens is 422 g/mol. The zero-order valence-electron chi connectivity index (χ0n) is 18.4. The molecule has 2 aliphatic rings. The molecule has 2 aliphatic heterocycles. The van der Waals surface area contributed by atoms with Gasteiger partial charge in [-0.15, -0.1) is 0 Å². The Kier molecular flexibility index (Phi) is 6.95. The second-order valence-corrected chi connectivity index (χ2v) is 8.78. The maximum absolute atomic E-state index is 12.7. The molecule has 2 aromatic rings. The van der Waals surface area contributed by atoms with Crippen LogP contribution in [0.4, 0.5) is 11.4 Å². The third-order valence-corrected chi connectivity index (χ3v) is 6.58. The van der Waals surface area contributed by atoms with Gasteiger partial charge in [-0.3, -0.25) is 9.69 Å². The number of benzene rings is 2. The lowest BCUT2D eigenvalue weighted by Crippen LogP contribution is -2.29. The number of carbonyl (C=O) groups is 2. The van der Waals surface area contributed by atoms with Gasteiger partial charge in [-0.1, -0.05) is 12.1 Å². The first-order valence-electron chi connectivity index (χ1n) is 10.9. The largest absolute Gasteiger partial charge is 0.462 e. The van der Waals surface area contributed by atoms with E-state index in [0.29, 0.717) is 27.9 Å². The Morgan fingerprint density at radius 3 is 2.41 bits per heavy atom. The van der Waals surface area contributed by atoms with Gasteiger partial charge in [0.2, 0.25) is 0 Å². The van der Waals surface area contributed by atoms with Crippen LogP contribution in [0.5, 0.6) is 0 Å². The summed E-state index contributed by atoms with van der Waals surface area (Å²) in [5, 5.41) is 0.607. The van der Waals surface area contributed by atoms with Gasteiger partial charge in [0.15, 0.2) is 5.17 Å². The minimum atomic E-state index is -0.356. The van der Waals surface area contributed by atoms with E-state index >= 15 is 0 Å². The average Bonchev–Trinajstić information content (AvgIpc) is 3.08. The molecule has 2 saturated heterocycles. The molecule has 0 N–H and O–H groups in total. The molecule has 0 atom stereocenters. The minimum Gasteiger partial charge on any atom is -0.462 e. The van der Waals surface area contributed by atoms with Crippen molar-refractivity contribution in [3.63, 3.8) is 0 Å². The summed E-state index contributed by atoms with van der Waals surface area (Å²) in [4.78, 5) is 33.7. The van der Waals surface area contributed by atoms with Crippen LogP contribution >= 0.6 is 11.8 Å². The summed E-state index contributed by atoms with van der Waals surface area (Å²) in [6, 6.07) is 15.2. The molecule has 166 valence electrons. The number of hydrogen-bond donors (Lipinski definition) is 0. The number of carbonyl (C=O) groups excluding carboxylic acids is 2. The van der Waals surface area contributed by atoms with Crippen LogP contribution in [0.15, 0.2) is 58.4 Å². The Bertz CT molecular complexity index is 1040. The first-order chi connectivity index (χ1) is 15.5. The van der Waals surface area contributed by atoms with E-state index in [0.717, 1.165) is 18.7 Å². The zero-order valence-corrected chi connectivity index (χ0v) is 19.2. The van der Waals surface area contributed by atoms with Gasteiger partial charge in [0, 0.05) is 25.8 Å². The molecule has 1 amide bonds. The van der Waals surface area contributed by atoms with E-state index < -0.39 is 0 Å². The smallest absolute Gasteiger partial charge is 0.338 e. The van der Waals surface area contributed by atoms with Crippen LogP contribution < -0.4 is 4.90 Å².